The summed E-state index contributed by atoms with van der Waals surface area (Å²) < 4.78 is 11.3. The predicted molar refractivity (Wildman–Crippen MR) is 101 cm³/mol. The Morgan fingerprint density at radius 3 is 1.62 bits per heavy atom. The monoisotopic (exact) mass is 328 g/mol. The average molecular weight is 328 g/mol. The van der Waals surface area contributed by atoms with Gasteiger partial charge in [0.2, 0.25) is 0 Å². The molecule has 1 aliphatic rings. The van der Waals surface area contributed by atoms with Crippen LogP contribution in [-0.2, 0) is 9.47 Å². The third-order valence-corrected chi connectivity index (χ3v) is 4.26. The van der Waals surface area contributed by atoms with E-state index >= 15 is 0 Å². The standard InChI is InChI=1S/C20H28N2O2/c1-2-12-24-14-4-10-22-20-8-6-17-5-7-19(15-18(17)16-20)21-9-3-13-23-11-1/h5-8,15-16,21-22H,1-4,9-14H2. The van der Waals surface area contributed by atoms with Crippen molar-refractivity contribution in [3.8, 4) is 0 Å². The average Bonchev–Trinajstić information content (AvgIpc) is 2.61. The van der Waals surface area contributed by atoms with Crippen molar-refractivity contribution in [2.24, 2.45) is 0 Å². The SMILES string of the molecule is c1cc2ccc3cc2cc1NCCCOCCCCOCCCN3. The zero-order chi connectivity index (χ0) is 16.5. The second kappa shape index (κ2) is 9.50. The second-order valence-electron chi connectivity index (χ2n) is 6.27. The second-order valence-corrected chi connectivity index (χ2v) is 6.27. The molecular weight excluding hydrogens is 300 g/mol. The fraction of sp³-hybridized carbons (Fsp3) is 0.500. The van der Waals surface area contributed by atoms with Crippen LogP contribution in [0.3, 0.4) is 0 Å². The Hall–Kier alpha value is -1.78. The third kappa shape index (κ3) is 5.39. The Kier molecular flexibility index (Phi) is 6.75. The van der Waals surface area contributed by atoms with Crippen LogP contribution in [0.25, 0.3) is 10.8 Å². The lowest BCUT2D eigenvalue weighted by atomic mass is 10.1. The molecule has 0 unspecified atom stereocenters. The van der Waals surface area contributed by atoms with E-state index in [0.717, 1.165) is 65.2 Å². The Labute approximate surface area is 144 Å². The summed E-state index contributed by atoms with van der Waals surface area (Å²) in [7, 11) is 0. The molecule has 2 N–H and O–H groups in total. The van der Waals surface area contributed by atoms with Crippen molar-refractivity contribution in [3.05, 3.63) is 36.4 Å². The van der Waals surface area contributed by atoms with Crippen LogP contribution in [0, 0.1) is 0 Å². The molecule has 4 heteroatoms. The van der Waals surface area contributed by atoms with E-state index in [-0.39, 0.29) is 0 Å². The van der Waals surface area contributed by atoms with Crippen molar-refractivity contribution in [2.45, 2.75) is 25.7 Å². The van der Waals surface area contributed by atoms with Crippen molar-refractivity contribution in [1.29, 1.82) is 0 Å². The lowest BCUT2D eigenvalue weighted by Gasteiger charge is -2.10. The van der Waals surface area contributed by atoms with Crippen LogP contribution in [0.1, 0.15) is 25.7 Å². The maximum Gasteiger partial charge on any atom is 0.0482 e. The van der Waals surface area contributed by atoms with E-state index in [2.05, 4.69) is 47.0 Å². The molecule has 0 saturated heterocycles. The first-order chi connectivity index (χ1) is 11.9. The zero-order valence-electron chi connectivity index (χ0n) is 14.4. The molecule has 4 nitrogen and oxygen atoms in total. The van der Waals surface area contributed by atoms with Crippen LogP contribution >= 0.6 is 0 Å². The number of fused-ring (bicyclic) bond motifs is 2. The molecule has 130 valence electrons. The van der Waals surface area contributed by atoms with Gasteiger partial charge in [0.25, 0.3) is 0 Å². The molecule has 1 heterocycles. The van der Waals surface area contributed by atoms with Crippen LogP contribution < -0.4 is 10.6 Å². The first-order valence-electron chi connectivity index (χ1n) is 9.09. The van der Waals surface area contributed by atoms with Crippen LogP contribution in [0.15, 0.2) is 36.4 Å². The van der Waals surface area contributed by atoms with Gasteiger partial charge in [0.05, 0.1) is 0 Å². The van der Waals surface area contributed by atoms with E-state index < -0.39 is 0 Å². The van der Waals surface area contributed by atoms with Crippen LogP contribution in [0.5, 0.6) is 0 Å². The highest BCUT2D eigenvalue weighted by Crippen LogP contribution is 2.23. The Bertz CT molecular complexity index is 579. The first kappa shape index (κ1) is 17.1. The van der Waals surface area contributed by atoms with Gasteiger partial charge in [0, 0.05) is 50.9 Å². The Morgan fingerprint density at radius 2 is 1.08 bits per heavy atom. The lowest BCUT2D eigenvalue weighted by Crippen LogP contribution is -2.07. The van der Waals surface area contributed by atoms with Gasteiger partial charge >= 0.3 is 0 Å². The van der Waals surface area contributed by atoms with Gasteiger partial charge in [-0.3, -0.25) is 0 Å². The summed E-state index contributed by atoms with van der Waals surface area (Å²) in [5.74, 6) is 0. The molecule has 0 saturated carbocycles. The first-order valence-corrected chi connectivity index (χ1v) is 9.09. The van der Waals surface area contributed by atoms with Gasteiger partial charge < -0.3 is 20.1 Å². The smallest absolute Gasteiger partial charge is 0.0482 e. The highest BCUT2D eigenvalue weighted by atomic mass is 16.5. The minimum Gasteiger partial charge on any atom is -0.385 e. The zero-order valence-corrected chi connectivity index (χ0v) is 14.4. The number of hydrogen-bond acceptors (Lipinski definition) is 4. The highest BCUT2D eigenvalue weighted by molar-refractivity contribution is 5.88. The van der Waals surface area contributed by atoms with Crippen LogP contribution in [0.2, 0.25) is 0 Å². The van der Waals surface area contributed by atoms with Gasteiger partial charge in [-0.25, -0.2) is 0 Å². The normalized spacial score (nSPS) is 18.3. The largest absolute Gasteiger partial charge is 0.385 e. The van der Waals surface area contributed by atoms with Gasteiger partial charge in [0.1, 0.15) is 0 Å². The van der Waals surface area contributed by atoms with E-state index in [9.17, 15) is 0 Å². The number of anilines is 2. The quantitative estimate of drug-likeness (QED) is 0.758. The van der Waals surface area contributed by atoms with E-state index in [1.165, 1.54) is 22.1 Å². The van der Waals surface area contributed by atoms with Crippen LogP contribution in [-0.4, -0.2) is 39.5 Å². The molecule has 1 aliphatic heterocycles. The molecule has 0 radical (unpaired) electrons. The molecule has 0 amide bonds. The highest BCUT2D eigenvalue weighted by Gasteiger charge is 2.00. The summed E-state index contributed by atoms with van der Waals surface area (Å²) in [5, 5.41) is 9.51. The molecule has 3 rings (SSSR count). The summed E-state index contributed by atoms with van der Waals surface area (Å²) in [6, 6.07) is 13.1. The maximum atomic E-state index is 5.67. The molecule has 0 aliphatic carbocycles. The van der Waals surface area contributed by atoms with Gasteiger partial charge in [-0.2, -0.15) is 0 Å². The predicted octanol–water partition coefficient (Wildman–Crippen LogP) is 4.27. The Balaban J connectivity index is 1.65. The van der Waals surface area contributed by atoms with E-state index in [0.29, 0.717) is 0 Å². The van der Waals surface area contributed by atoms with Gasteiger partial charge in [-0.05, 0) is 60.7 Å². The van der Waals surface area contributed by atoms with Crippen molar-refractivity contribution in [1.82, 2.24) is 0 Å². The number of benzene rings is 2. The number of nitrogens with one attached hydrogen (secondary N) is 2. The number of rotatable bonds is 0. The number of ether oxygens (including phenoxy) is 2. The molecule has 0 spiro atoms. The maximum absolute atomic E-state index is 5.67. The summed E-state index contributed by atoms with van der Waals surface area (Å²) >= 11 is 0. The van der Waals surface area contributed by atoms with E-state index in [1.807, 2.05) is 0 Å². The Morgan fingerprint density at radius 1 is 0.583 bits per heavy atom. The molecule has 0 atom stereocenters. The summed E-state index contributed by atoms with van der Waals surface area (Å²) in [4.78, 5) is 0. The van der Waals surface area contributed by atoms with Crippen molar-refractivity contribution < 1.29 is 9.47 Å². The summed E-state index contributed by atoms with van der Waals surface area (Å²) in [6.07, 6.45) is 4.20. The van der Waals surface area contributed by atoms with Crippen molar-refractivity contribution >= 4 is 22.1 Å². The number of hydrogen-bond donors (Lipinski definition) is 2. The molecule has 0 fully saturated rings. The fourth-order valence-electron chi connectivity index (χ4n) is 2.89. The van der Waals surface area contributed by atoms with Crippen LogP contribution in [0.4, 0.5) is 11.4 Å². The lowest BCUT2D eigenvalue weighted by molar-refractivity contribution is 0.102. The summed E-state index contributed by atoms with van der Waals surface area (Å²) in [5.41, 5.74) is 2.34. The third-order valence-electron chi connectivity index (χ3n) is 4.26. The topological polar surface area (TPSA) is 42.5 Å². The molecule has 2 aromatic carbocycles. The van der Waals surface area contributed by atoms with E-state index in [4.69, 9.17) is 9.47 Å². The molecule has 3 bridgehead atoms. The molecular formula is C20H28N2O2. The summed E-state index contributed by atoms with van der Waals surface area (Å²) in [6.45, 7) is 5.18. The molecule has 24 heavy (non-hydrogen) atoms. The minimum atomic E-state index is 0.815. The van der Waals surface area contributed by atoms with Gasteiger partial charge in [-0.1, -0.05) is 12.1 Å². The van der Waals surface area contributed by atoms with Gasteiger partial charge in [-0.15, -0.1) is 0 Å². The molecule has 0 aromatic heterocycles. The van der Waals surface area contributed by atoms with Crippen molar-refractivity contribution in [2.75, 3.05) is 50.2 Å². The minimum absolute atomic E-state index is 0.815. The van der Waals surface area contributed by atoms with Crippen molar-refractivity contribution in [3.63, 3.8) is 0 Å². The fourth-order valence-corrected chi connectivity index (χ4v) is 2.89. The molecule has 2 aromatic rings. The van der Waals surface area contributed by atoms with E-state index in [1.54, 1.807) is 0 Å². The van der Waals surface area contributed by atoms with Gasteiger partial charge in [0.15, 0.2) is 0 Å².